The van der Waals surface area contributed by atoms with Crippen LogP contribution in [0.1, 0.15) is 23.1 Å². The minimum Gasteiger partial charge on any atom is -0.468 e. The van der Waals surface area contributed by atoms with Crippen LogP contribution < -0.4 is 0 Å². The van der Waals surface area contributed by atoms with E-state index >= 15 is 0 Å². The summed E-state index contributed by atoms with van der Waals surface area (Å²) in [4.78, 5) is 13.0. The van der Waals surface area contributed by atoms with Crippen LogP contribution in [0.5, 0.6) is 0 Å². The highest BCUT2D eigenvalue weighted by Gasteiger charge is 2.72. The van der Waals surface area contributed by atoms with Crippen LogP contribution >= 0.6 is 0 Å². The second-order valence-corrected chi connectivity index (χ2v) is 7.02. The fourth-order valence-corrected chi connectivity index (χ4v) is 4.21. The maximum absolute atomic E-state index is 13.0. The number of methoxy groups -OCH3 is 1. The summed E-state index contributed by atoms with van der Waals surface area (Å²) in [6, 6.07) is 30.6. The molecule has 0 saturated heterocycles. The summed E-state index contributed by atoms with van der Waals surface area (Å²) in [5.74, 6) is -0.192. The Morgan fingerprint density at radius 2 is 1.30 bits per heavy atom. The molecule has 0 amide bonds. The molecule has 0 heterocycles. The molecular weight excluding hydrogens is 332 g/mol. The first-order valence-electron chi connectivity index (χ1n) is 9.17. The molecular formula is C25H22O2. The highest BCUT2D eigenvalue weighted by atomic mass is 16.5. The molecule has 27 heavy (non-hydrogen) atoms. The Labute approximate surface area is 160 Å². The molecule has 0 N–H and O–H groups in total. The van der Waals surface area contributed by atoms with Crippen molar-refractivity contribution in [2.45, 2.75) is 11.8 Å². The van der Waals surface area contributed by atoms with Crippen molar-refractivity contribution >= 4 is 12.0 Å². The van der Waals surface area contributed by atoms with E-state index in [0.717, 1.165) is 16.7 Å². The van der Waals surface area contributed by atoms with Gasteiger partial charge in [-0.15, -0.1) is 0 Å². The summed E-state index contributed by atoms with van der Waals surface area (Å²) in [5.41, 5.74) is 2.23. The average molecular weight is 354 g/mol. The summed E-state index contributed by atoms with van der Waals surface area (Å²) >= 11 is 0. The second-order valence-electron chi connectivity index (χ2n) is 7.02. The minimum absolute atomic E-state index is 0.192. The van der Waals surface area contributed by atoms with Gasteiger partial charge in [-0.3, -0.25) is 4.79 Å². The molecule has 134 valence electrons. The van der Waals surface area contributed by atoms with Gasteiger partial charge in [-0.2, -0.15) is 0 Å². The van der Waals surface area contributed by atoms with Crippen molar-refractivity contribution in [3.63, 3.8) is 0 Å². The molecule has 1 aliphatic rings. The summed E-state index contributed by atoms with van der Waals surface area (Å²) in [5, 5.41) is 0. The van der Waals surface area contributed by atoms with Gasteiger partial charge in [0.05, 0.1) is 7.11 Å². The molecule has 4 rings (SSSR count). The molecule has 0 aromatic heterocycles. The van der Waals surface area contributed by atoms with Crippen LogP contribution in [0, 0.1) is 5.41 Å². The quantitative estimate of drug-likeness (QED) is 0.585. The van der Waals surface area contributed by atoms with E-state index in [2.05, 4.69) is 24.3 Å². The molecule has 0 spiro atoms. The van der Waals surface area contributed by atoms with E-state index in [4.69, 9.17) is 4.74 Å². The van der Waals surface area contributed by atoms with Gasteiger partial charge in [-0.05, 0) is 23.1 Å². The fourth-order valence-electron chi connectivity index (χ4n) is 4.21. The molecule has 3 aromatic rings. The third kappa shape index (κ3) is 2.78. The lowest BCUT2D eigenvalue weighted by atomic mass is 9.80. The molecule has 1 aliphatic carbocycles. The molecule has 1 saturated carbocycles. The maximum Gasteiger partial charge on any atom is 0.316 e. The van der Waals surface area contributed by atoms with Crippen LogP contribution in [0.4, 0.5) is 0 Å². The highest BCUT2D eigenvalue weighted by Crippen LogP contribution is 2.69. The maximum atomic E-state index is 13.0. The molecule has 0 aliphatic heterocycles. The number of carbonyl (C=O) groups excluding carboxylic acids is 1. The van der Waals surface area contributed by atoms with Crippen LogP contribution in [-0.4, -0.2) is 13.1 Å². The van der Waals surface area contributed by atoms with Crippen molar-refractivity contribution in [1.82, 2.24) is 0 Å². The van der Waals surface area contributed by atoms with Gasteiger partial charge >= 0.3 is 5.97 Å². The first-order chi connectivity index (χ1) is 13.2. The van der Waals surface area contributed by atoms with E-state index in [1.165, 1.54) is 7.11 Å². The summed E-state index contributed by atoms with van der Waals surface area (Å²) in [6.07, 6.45) is 4.77. The summed E-state index contributed by atoms with van der Waals surface area (Å²) in [6.45, 7) is 0. The van der Waals surface area contributed by atoms with Crippen molar-refractivity contribution in [2.24, 2.45) is 5.41 Å². The Balaban J connectivity index is 1.86. The lowest BCUT2D eigenvalue weighted by molar-refractivity contribution is -0.145. The van der Waals surface area contributed by atoms with Gasteiger partial charge < -0.3 is 4.74 Å². The zero-order valence-corrected chi connectivity index (χ0v) is 15.3. The van der Waals surface area contributed by atoms with Gasteiger partial charge in [0.1, 0.15) is 5.41 Å². The first-order valence-corrected chi connectivity index (χ1v) is 9.17. The van der Waals surface area contributed by atoms with E-state index in [1.807, 2.05) is 78.9 Å². The molecule has 1 atom stereocenters. The molecule has 2 nitrogen and oxygen atoms in total. The summed E-state index contributed by atoms with van der Waals surface area (Å²) < 4.78 is 5.27. The van der Waals surface area contributed by atoms with E-state index in [0.29, 0.717) is 6.42 Å². The van der Waals surface area contributed by atoms with Gasteiger partial charge in [0.25, 0.3) is 0 Å². The third-order valence-electron chi connectivity index (χ3n) is 5.62. The molecule has 0 unspecified atom stereocenters. The van der Waals surface area contributed by atoms with Crippen LogP contribution in [0.15, 0.2) is 97.1 Å². The van der Waals surface area contributed by atoms with Gasteiger partial charge in [0.2, 0.25) is 0 Å². The first kappa shape index (κ1) is 17.3. The molecule has 1 fully saturated rings. The predicted molar refractivity (Wildman–Crippen MR) is 108 cm³/mol. The van der Waals surface area contributed by atoms with E-state index in [1.54, 1.807) is 0 Å². The van der Waals surface area contributed by atoms with E-state index < -0.39 is 10.8 Å². The van der Waals surface area contributed by atoms with Crippen LogP contribution in [0.2, 0.25) is 0 Å². The topological polar surface area (TPSA) is 26.3 Å². The molecule has 3 aromatic carbocycles. The van der Waals surface area contributed by atoms with Crippen molar-refractivity contribution in [1.29, 1.82) is 0 Å². The van der Waals surface area contributed by atoms with E-state index in [9.17, 15) is 4.79 Å². The monoisotopic (exact) mass is 354 g/mol. The Morgan fingerprint density at radius 3 is 1.78 bits per heavy atom. The largest absolute Gasteiger partial charge is 0.468 e. The van der Waals surface area contributed by atoms with Crippen LogP contribution in [0.25, 0.3) is 6.08 Å². The smallest absolute Gasteiger partial charge is 0.316 e. The number of hydrogen-bond donors (Lipinski definition) is 0. The number of rotatable bonds is 5. The highest BCUT2D eigenvalue weighted by molar-refractivity contribution is 5.90. The number of hydrogen-bond acceptors (Lipinski definition) is 2. The molecule has 0 bridgehead atoms. The van der Waals surface area contributed by atoms with Crippen molar-refractivity contribution < 1.29 is 9.53 Å². The number of esters is 1. The van der Waals surface area contributed by atoms with Gasteiger partial charge in [0, 0.05) is 5.41 Å². The molecule has 2 heteroatoms. The fraction of sp³-hybridized carbons (Fsp3) is 0.160. The lowest BCUT2D eigenvalue weighted by Gasteiger charge is -2.23. The Bertz CT molecular complexity index is 906. The number of ether oxygens (including phenoxy) is 1. The zero-order chi connectivity index (χ0) is 18.7. The van der Waals surface area contributed by atoms with Crippen molar-refractivity contribution in [2.75, 3.05) is 7.11 Å². The lowest BCUT2D eigenvalue weighted by Crippen LogP contribution is -2.27. The third-order valence-corrected chi connectivity index (χ3v) is 5.62. The Morgan fingerprint density at radius 1 is 0.815 bits per heavy atom. The normalized spacial score (nSPS) is 20.3. The standard InChI is InChI=1S/C25H22O2/c1-27-23(26)24(18-17-20-11-5-2-6-12-20)19-25(24,21-13-7-3-8-14-21)22-15-9-4-10-16-22/h2-18H,19H2,1H3/b18-17+/t24-/m0/s1. The predicted octanol–water partition coefficient (Wildman–Crippen LogP) is 5.25. The summed E-state index contributed by atoms with van der Waals surface area (Å²) in [7, 11) is 1.47. The second kappa shape index (κ2) is 6.88. The van der Waals surface area contributed by atoms with Crippen molar-refractivity contribution in [3.8, 4) is 0 Å². The minimum atomic E-state index is -0.708. The van der Waals surface area contributed by atoms with Crippen molar-refractivity contribution in [3.05, 3.63) is 114 Å². The Hall–Kier alpha value is -3.13. The van der Waals surface area contributed by atoms with Gasteiger partial charge in [-0.25, -0.2) is 0 Å². The van der Waals surface area contributed by atoms with E-state index in [-0.39, 0.29) is 5.97 Å². The Kier molecular flexibility index (Phi) is 4.41. The SMILES string of the molecule is COC(=O)[C@]1(/C=C/c2ccccc2)CC1(c1ccccc1)c1ccccc1. The molecule has 0 radical (unpaired) electrons. The number of carbonyl (C=O) groups is 1. The van der Waals surface area contributed by atoms with Crippen LogP contribution in [-0.2, 0) is 14.9 Å². The van der Waals surface area contributed by atoms with Crippen LogP contribution in [0.3, 0.4) is 0 Å². The van der Waals surface area contributed by atoms with Gasteiger partial charge in [-0.1, -0.05) is 103 Å². The average Bonchev–Trinajstić information content (AvgIpc) is 3.45. The number of benzene rings is 3. The zero-order valence-electron chi connectivity index (χ0n) is 15.3. The van der Waals surface area contributed by atoms with Gasteiger partial charge in [0.15, 0.2) is 0 Å².